The number of carbonyl (C=O) groups is 2. The maximum atomic E-state index is 13.5. The highest BCUT2D eigenvalue weighted by Gasteiger charge is 2.54. The SMILES string of the molecule is Cc1nnc(-c2ccc(CCC(=O)C3O[C@@H](O[C@@H]4C(C(=O)O)O[C@@H](C(C)C)C(O)[C@@H]4O)C(O)[C@H](O)[C@@H]3C(C)C)cc2)nn1. The van der Waals surface area contributed by atoms with Gasteiger partial charge in [-0.15, -0.1) is 20.4 Å². The third kappa shape index (κ3) is 7.23. The van der Waals surface area contributed by atoms with Crippen LogP contribution in [0.5, 0.6) is 0 Å². The van der Waals surface area contributed by atoms with Crippen molar-refractivity contribution in [3.05, 3.63) is 35.7 Å². The molecule has 0 saturated carbocycles. The quantitative estimate of drug-likeness (QED) is 0.243. The molecule has 14 heteroatoms. The number of aromatic nitrogens is 4. The van der Waals surface area contributed by atoms with Gasteiger partial charge in [-0.3, -0.25) is 4.79 Å². The smallest absolute Gasteiger partial charge is 0.335 e. The molecule has 0 aliphatic carbocycles. The van der Waals surface area contributed by atoms with Crippen LogP contribution in [0.4, 0.5) is 0 Å². The predicted octanol–water partition coefficient (Wildman–Crippen LogP) is 0.0776. The van der Waals surface area contributed by atoms with Crippen molar-refractivity contribution in [3.8, 4) is 11.4 Å². The summed E-state index contributed by atoms with van der Waals surface area (Å²) in [5, 5.41) is 68.9. The highest BCUT2D eigenvalue weighted by Crippen LogP contribution is 2.36. The number of hydrogen-bond acceptors (Lipinski definition) is 13. The molecular weight excluding hydrogens is 564 g/mol. The van der Waals surface area contributed by atoms with E-state index in [0.29, 0.717) is 23.6 Å². The molecule has 2 saturated heterocycles. The number of hydrogen-bond donors (Lipinski definition) is 5. The monoisotopic (exact) mass is 604 g/mol. The van der Waals surface area contributed by atoms with E-state index in [-0.39, 0.29) is 24.0 Å². The van der Waals surface area contributed by atoms with Crippen LogP contribution < -0.4 is 0 Å². The first kappa shape index (κ1) is 32.9. The lowest BCUT2D eigenvalue weighted by atomic mass is 9.78. The maximum Gasteiger partial charge on any atom is 0.335 e. The Morgan fingerprint density at radius 3 is 2.02 bits per heavy atom. The van der Waals surface area contributed by atoms with Crippen molar-refractivity contribution in [3.63, 3.8) is 0 Å². The summed E-state index contributed by atoms with van der Waals surface area (Å²) in [6.07, 6.45) is -13.1. The summed E-state index contributed by atoms with van der Waals surface area (Å²) in [5.74, 6) is -2.37. The van der Waals surface area contributed by atoms with Gasteiger partial charge in [0.25, 0.3) is 0 Å². The van der Waals surface area contributed by atoms with Crippen LogP contribution in [0, 0.1) is 24.7 Å². The number of ether oxygens (including phenoxy) is 3. The van der Waals surface area contributed by atoms with Gasteiger partial charge in [-0.2, -0.15) is 0 Å². The third-order valence-electron chi connectivity index (χ3n) is 8.01. The highest BCUT2D eigenvalue weighted by atomic mass is 16.7. The number of carboxylic acid groups (broad SMARTS) is 1. The number of Topliss-reactive ketones (excluding diaryl/α,β-unsaturated/α-hetero) is 1. The number of nitrogens with zero attached hydrogens (tertiary/aromatic N) is 4. The molecule has 2 aliphatic heterocycles. The van der Waals surface area contributed by atoms with Crippen LogP contribution in [0.15, 0.2) is 24.3 Å². The molecular formula is C29H40N4O10. The molecule has 14 nitrogen and oxygen atoms in total. The average molecular weight is 605 g/mol. The minimum Gasteiger partial charge on any atom is -0.479 e. The number of benzene rings is 1. The fourth-order valence-corrected chi connectivity index (χ4v) is 5.61. The zero-order valence-corrected chi connectivity index (χ0v) is 24.7. The Kier molecular flexibility index (Phi) is 10.5. The van der Waals surface area contributed by atoms with Gasteiger partial charge in [0, 0.05) is 17.9 Å². The number of aliphatic hydroxyl groups is 4. The molecule has 1 aromatic heterocycles. The number of ketones is 1. The van der Waals surface area contributed by atoms with E-state index in [2.05, 4.69) is 20.4 Å². The zero-order chi connectivity index (χ0) is 31.6. The minimum absolute atomic E-state index is 0.0363. The second kappa shape index (κ2) is 13.8. The molecule has 0 bridgehead atoms. The van der Waals surface area contributed by atoms with Crippen molar-refractivity contribution in [1.29, 1.82) is 0 Å². The predicted molar refractivity (Wildman–Crippen MR) is 148 cm³/mol. The van der Waals surface area contributed by atoms with Gasteiger partial charge < -0.3 is 39.7 Å². The summed E-state index contributed by atoms with van der Waals surface area (Å²) < 4.78 is 17.2. The van der Waals surface area contributed by atoms with Crippen molar-refractivity contribution in [2.24, 2.45) is 17.8 Å². The Hall–Kier alpha value is -2.98. The Balaban J connectivity index is 1.48. The topological polar surface area (TPSA) is 215 Å². The van der Waals surface area contributed by atoms with E-state index in [0.717, 1.165) is 5.56 Å². The summed E-state index contributed by atoms with van der Waals surface area (Å²) in [7, 11) is 0. The summed E-state index contributed by atoms with van der Waals surface area (Å²) in [6, 6.07) is 7.23. The first-order valence-electron chi connectivity index (χ1n) is 14.4. The minimum atomic E-state index is -1.70. The second-order valence-corrected chi connectivity index (χ2v) is 11.8. The van der Waals surface area contributed by atoms with Gasteiger partial charge in [0.1, 0.15) is 30.5 Å². The molecule has 4 unspecified atom stereocenters. The number of carboxylic acids is 1. The van der Waals surface area contributed by atoms with Crippen LogP contribution in [0.25, 0.3) is 11.4 Å². The van der Waals surface area contributed by atoms with Crippen LogP contribution >= 0.6 is 0 Å². The first-order valence-corrected chi connectivity index (χ1v) is 14.4. The molecule has 4 rings (SSSR count). The Labute approximate surface area is 249 Å². The highest BCUT2D eigenvalue weighted by molar-refractivity contribution is 5.84. The molecule has 0 radical (unpaired) electrons. The fraction of sp³-hybridized carbons (Fsp3) is 0.655. The molecule has 2 aliphatic rings. The summed E-state index contributed by atoms with van der Waals surface area (Å²) >= 11 is 0. The van der Waals surface area contributed by atoms with Crippen LogP contribution in [0.1, 0.15) is 45.5 Å². The van der Waals surface area contributed by atoms with E-state index in [1.807, 2.05) is 12.1 Å². The van der Waals surface area contributed by atoms with Gasteiger partial charge in [-0.25, -0.2) is 4.79 Å². The van der Waals surface area contributed by atoms with Crippen molar-refractivity contribution in [2.45, 2.75) is 103 Å². The molecule has 43 heavy (non-hydrogen) atoms. The first-order chi connectivity index (χ1) is 20.3. The third-order valence-corrected chi connectivity index (χ3v) is 8.01. The van der Waals surface area contributed by atoms with Gasteiger partial charge in [-0.1, -0.05) is 52.0 Å². The van der Waals surface area contributed by atoms with Crippen molar-refractivity contribution < 1.29 is 49.3 Å². The number of aliphatic carboxylic acids is 1. The normalized spacial score (nSPS) is 33.1. The number of aliphatic hydroxyl groups excluding tert-OH is 4. The number of rotatable bonds is 10. The molecule has 3 heterocycles. The molecule has 236 valence electrons. The maximum absolute atomic E-state index is 13.5. The largest absolute Gasteiger partial charge is 0.479 e. The van der Waals surface area contributed by atoms with E-state index in [4.69, 9.17) is 14.2 Å². The molecule has 5 N–H and O–H groups in total. The van der Waals surface area contributed by atoms with Crippen LogP contribution in [-0.2, 0) is 30.2 Å². The Morgan fingerprint density at radius 1 is 0.837 bits per heavy atom. The van der Waals surface area contributed by atoms with Gasteiger partial charge in [0.15, 0.2) is 24.0 Å². The Morgan fingerprint density at radius 2 is 1.47 bits per heavy atom. The van der Waals surface area contributed by atoms with Crippen LogP contribution in [0.2, 0.25) is 0 Å². The Bertz CT molecular complexity index is 1240. The summed E-state index contributed by atoms with van der Waals surface area (Å²) in [4.78, 5) is 25.5. The molecule has 0 amide bonds. The van der Waals surface area contributed by atoms with Crippen molar-refractivity contribution in [1.82, 2.24) is 20.4 Å². The standard InChI is InChI=1S/C29H40N4O10/c1-12(2)18-19(35)22(38)29(43-25-21(37)20(36)23(13(3)4)41-26(25)28(39)40)42-24(18)17(34)11-8-15-6-9-16(10-7-15)27-32-30-14(5)31-33-27/h6-7,9-10,12-13,18-26,29,35-38H,8,11H2,1-5H3,(H,39,40)/t18-,19+,20?,21-,22?,23-,24?,25-,26?,29-/m0/s1. The molecule has 10 atom stereocenters. The average Bonchev–Trinajstić information content (AvgIpc) is 2.96. The van der Waals surface area contributed by atoms with E-state index < -0.39 is 67.0 Å². The second-order valence-electron chi connectivity index (χ2n) is 11.8. The summed E-state index contributed by atoms with van der Waals surface area (Å²) in [6.45, 7) is 8.65. The molecule has 0 spiro atoms. The lowest BCUT2D eigenvalue weighted by Crippen LogP contribution is -2.65. The van der Waals surface area contributed by atoms with Crippen molar-refractivity contribution >= 4 is 11.8 Å². The number of carbonyl (C=O) groups excluding carboxylic acids is 1. The van der Waals surface area contributed by atoms with Gasteiger partial charge >= 0.3 is 5.97 Å². The van der Waals surface area contributed by atoms with E-state index >= 15 is 0 Å². The summed E-state index contributed by atoms with van der Waals surface area (Å²) in [5.41, 5.74) is 1.55. The fourth-order valence-electron chi connectivity index (χ4n) is 5.61. The van der Waals surface area contributed by atoms with Gasteiger partial charge in [0.05, 0.1) is 12.2 Å². The van der Waals surface area contributed by atoms with Crippen LogP contribution in [-0.4, -0.2) is 113 Å². The zero-order valence-electron chi connectivity index (χ0n) is 24.7. The number of aryl methyl sites for hydroxylation is 2. The van der Waals surface area contributed by atoms with E-state index in [1.54, 1.807) is 46.8 Å². The van der Waals surface area contributed by atoms with Crippen LogP contribution in [0.3, 0.4) is 0 Å². The van der Waals surface area contributed by atoms with Crippen molar-refractivity contribution in [2.75, 3.05) is 0 Å². The van der Waals surface area contributed by atoms with Gasteiger partial charge in [-0.05, 0) is 30.7 Å². The molecule has 2 fully saturated rings. The molecule has 1 aromatic carbocycles. The van der Waals surface area contributed by atoms with Gasteiger partial charge in [0.2, 0.25) is 5.82 Å². The lowest BCUT2D eigenvalue weighted by molar-refractivity contribution is -0.330. The van der Waals surface area contributed by atoms with E-state index in [9.17, 15) is 35.1 Å². The lowest BCUT2D eigenvalue weighted by Gasteiger charge is -2.47. The molecule has 2 aromatic rings. The van der Waals surface area contributed by atoms with E-state index in [1.165, 1.54) is 0 Å².